The van der Waals surface area contributed by atoms with Crippen LogP contribution in [0.25, 0.3) is 6.08 Å². The molecule has 9 heteroatoms. The first-order valence-corrected chi connectivity index (χ1v) is 7.35. The normalized spacial score (nSPS) is 29.5. The third-order valence-corrected chi connectivity index (χ3v) is 3.95. The highest BCUT2D eigenvalue weighted by Crippen LogP contribution is 2.32. The van der Waals surface area contributed by atoms with Gasteiger partial charge in [0.25, 0.3) is 0 Å². The van der Waals surface area contributed by atoms with Crippen LogP contribution in [0.5, 0.6) is 11.5 Å². The highest BCUT2D eigenvalue weighted by molar-refractivity contribution is 5.88. The molecule has 0 amide bonds. The van der Waals surface area contributed by atoms with Crippen LogP contribution in [0.15, 0.2) is 24.3 Å². The molecule has 1 fully saturated rings. The highest BCUT2D eigenvalue weighted by atomic mass is 16.6. The summed E-state index contributed by atoms with van der Waals surface area (Å²) in [6.45, 7) is 0. The quantitative estimate of drug-likeness (QED) is 0.234. The molecule has 1 aromatic rings. The number of carbonyl (C=O) groups is 2. The van der Waals surface area contributed by atoms with Gasteiger partial charge in [-0.05, 0) is 12.1 Å². The van der Waals surface area contributed by atoms with Gasteiger partial charge in [0, 0.05) is 24.5 Å². The van der Waals surface area contributed by atoms with E-state index in [2.05, 4.69) is 0 Å². The van der Waals surface area contributed by atoms with Crippen molar-refractivity contribution < 1.29 is 45.0 Å². The van der Waals surface area contributed by atoms with E-state index in [0.717, 1.165) is 12.2 Å². The minimum atomic E-state index is -2.30. The lowest BCUT2D eigenvalue weighted by atomic mass is 9.79. The maximum Gasteiger partial charge on any atom is 0.335 e. The van der Waals surface area contributed by atoms with Crippen molar-refractivity contribution in [3.8, 4) is 11.5 Å². The molecule has 1 aliphatic carbocycles. The predicted octanol–water partition coefficient (Wildman–Crippen LogP) is -0.646. The fourth-order valence-corrected chi connectivity index (χ4v) is 2.61. The van der Waals surface area contributed by atoms with Crippen molar-refractivity contribution in [1.82, 2.24) is 0 Å². The maximum absolute atomic E-state index is 11.8. The molecule has 0 unspecified atom stereocenters. The Hall–Kier alpha value is -2.62. The zero-order chi connectivity index (χ0) is 18.8. The van der Waals surface area contributed by atoms with Gasteiger partial charge >= 0.3 is 11.9 Å². The first-order chi connectivity index (χ1) is 11.6. The van der Waals surface area contributed by atoms with E-state index < -0.39 is 54.4 Å². The number of carbonyl (C=O) groups excluding carboxylic acids is 1. The minimum Gasteiger partial charge on any atom is -0.504 e. The molecule has 2 rings (SSSR count). The highest BCUT2D eigenvalue weighted by Gasteiger charge is 2.50. The minimum absolute atomic E-state index is 0.141. The number of hydrogen-bond donors (Lipinski definition) is 6. The molecule has 1 aliphatic rings. The third-order valence-electron chi connectivity index (χ3n) is 3.95. The lowest BCUT2D eigenvalue weighted by Crippen LogP contribution is -2.57. The van der Waals surface area contributed by atoms with E-state index in [0.29, 0.717) is 0 Å². The topological polar surface area (TPSA) is 165 Å². The first kappa shape index (κ1) is 18.7. The van der Waals surface area contributed by atoms with E-state index in [1.54, 1.807) is 0 Å². The second-order valence-electron chi connectivity index (χ2n) is 5.83. The summed E-state index contributed by atoms with van der Waals surface area (Å²) >= 11 is 0. The molecule has 6 N–H and O–H groups in total. The smallest absolute Gasteiger partial charge is 0.335 e. The predicted molar refractivity (Wildman–Crippen MR) is 82.5 cm³/mol. The summed E-state index contributed by atoms with van der Waals surface area (Å²) in [7, 11) is 0. The van der Waals surface area contributed by atoms with Crippen LogP contribution in [0.2, 0.25) is 0 Å². The molecule has 25 heavy (non-hydrogen) atoms. The molecule has 0 radical (unpaired) electrons. The molecule has 0 bridgehead atoms. The van der Waals surface area contributed by atoms with E-state index in [1.165, 1.54) is 18.2 Å². The SMILES string of the molecule is O=C(C=Cc1cccc(O)c1O)OC1[C@H](O)CC(O)(C(=O)O)C[C@H]1O. The number of aliphatic hydroxyl groups excluding tert-OH is 2. The Morgan fingerprint density at radius 1 is 1.16 bits per heavy atom. The van der Waals surface area contributed by atoms with E-state index in [9.17, 15) is 35.1 Å². The summed E-state index contributed by atoms with van der Waals surface area (Å²) < 4.78 is 4.91. The average molecular weight is 354 g/mol. The van der Waals surface area contributed by atoms with Crippen LogP contribution in [0, 0.1) is 0 Å². The number of para-hydroxylation sites is 1. The van der Waals surface area contributed by atoms with Gasteiger partial charge in [-0.1, -0.05) is 12.1 Å². The Balaban J connectivity index is 2.04. The Labute approximate surface area is 142 Å². The number of carboxylic acid groups (broad SMARTS) is 1. The summed E-state index contributed by atoms with van der Waals surface area (Å²) in [5, 5.41) is 57.5. The number of aliphatic hydroxyl groups is 3. The Kier molecular flexibility index (Phi) is 5.31. The molecule has 0 heterocycles. The van der Waals surface area contributed by atoms with Crippen molar-refractivity contribution in [2.24, 2.45) is 0 Å². The zero-order valence-electron chi connectivity index (χ0n) is 12.9. The molecule has 1 saturated carbocycles. The van der Waals surface area contributed by atoms with Crippen LogP contribution in [-0.4, -0.2) is 66.5 Å². The van der Waals surface area contributed by atoms with Crippen molar-refractivity contribution in [2.75, 3.05) is 0 Å². The number of hydrogen-bond acceptors (Lipinski definition) is 8. The molecule has 9 nitrogen and oxygen atoms in total. The van der Waals surface area contributed by atoms with Gasteiger partial charge in [-0.15, -0.1) is 0 Å². The van der Waals surface area contributed by atoms with Crippen molar-refractivity contribution >= 4 is 18.0 Å². The standard InChI is InChI=1S/C16H18O9/c17-9-3-1-2-8(13(9)21)4-5-12(20)25-14-10(18)6-16(24,15(22)23)7-11(14)19/h1-5,10-11,14,17-19,21,24H,6-7H2,(H,22,23)/t10-,11-,14?,16?/m1/s1. The zero-order valence-corrected chi connectivity index (χ0v) is 12.9. The van der Waals surface area contributed by atoms with Gasteiger partial charge < -0.3 is 35.4 Å². The molecule has 2 atom stereocenters. The Bertz CT molecular complexity index is 685. The van der Waals surface area contributed by atoms with E-state index in [-0.39, 0.29) is 11.3 Å². The van der Waals surface area contributed by atoms with Crippen LogP contribution in [0.3, 0.4) is 0 Å². The van der Waals surface area contributed by atoms with Gasteiger partial charge in [-0.2, -0.15) is 0 Å². The summed E-state index contributed by atoms with van der Waals surface area (Å²) in [5.74, 6) is -3.36. The van der Waals surface area contributed by atoms with Gasteiger partial charge in [0.15, 0.2) is 23.2 Å². The molecule has 0 spiro atoms. The Morgan fingerprint density at radius 2 is 1.76 bits per heavy atom. The monoisotopic (exact) mass is 354 g/mol. The number of benzene rings is 1. The number of esters is 1. The number of rotatable bonds is 4. The third kappa shape index (κ3) is 4.08. The number of carboxylic acids is 1. The van der Waals surface area contributed by atoms with E-state index >= 15 is 0 Å². The van der Waals surface area contributed by atoms with E-state index in [1.807, 2.05) is 0 Å². The van der Waals surface area contributed by atoms with Crippen LogP contribution in [0.1, 0.15) is 18.4 Å². The molecular weight excluding hydrogens is 336 g/mol. The fourth-order valence-electron chi connectivity index (χ4n) is 2.61. The summed E-state index contributed by atoms with van der Waals surface area (Å²) in [5.41, 5.74) is -2.16. The van der Waals surface area contributed by atoms with Crippen molar-refractivity contribution in [1.29, 1.82) is 0 Å². The van der Waals surface area contributed by atoms with E-state index in [4.69, 9.17) is 9.84 Å². The molecule has 1 aromatic carbocycles. The molecule has 0 aliphatic heterocycles. The molecule has 136 valence electrons. The summed E-state index contributed by atoms with van der Waals surface area (Å²) in [6, 6.07) is 4.13. The van der Waals surface area contributed by atoms with Gasteiger partial charge in [-0.25, -0.2) is 9.59 Å². The number of aromatic hydroxyl groups is 2. The second-order valence-corrected chi connectivity index (χ2v) is 5.83. The maximum atomic E-state index is 11.8. The average Bonchev–Trinajstić information content (AvgIpc) is 2.52. The van der Waals surface area contributed by atoms with Gasteiger partial charge in [0.1, 0.15) is 0 Å². The van der Waals surface area contributed by atoms with Crippen molar-refractivity contribution in [3.05, 3.63) is 29.8 Å². The second kappa shape index (κ2) is 7.09. The van der Waals surface area contributed by atoms with Crippen molar-refractivity contribution in [2.45, 2.75) is 36.8 Å². The number of phenols is 2. The number of aliphatic carboxylic acids is 1. The molecular formula is C16H18O9. The van der Waals surface area contributed by atoms with Crippen LogP contribution >= 0.6 is 0 Å². The van der Waals surface area contributed by atoms with Crippen LogP contribution in [-0.2, 0) is 14.3 Å². The molecule has 0 saturated heterocycles. The fraction of sp³-hybridized carbons (Fsp3) is 0.375. The number of ether oxygens (including phenoxy) is 1. The van der Waals surface area contributed by atoms with Crippen LogP contribution in [0.4, 0.5) is 0 Å². The van der Waals surface area contributed by atoms with Crippen LogP contribution < -0.4 is 0 Å². The van der Waals surface area contributed by atoms with Crippen molar-refractivity contribution in [3.63, 3.8) is 0 Å². The summed E-state index contributed by atoms with van der Waals surface area (Å²) in [4.78, 5) is 22.8. The lowest BCUT2D eigenvalue weighted by molar-refractivity contribution is -0.196. The number of phenolic OH excluding ortho intramolecular Hbond substituents is 2. The molecule has 0 aromatic heterocycles. The van der Waals surface area contributed by atoms with Gasteiger partial charge in [-0.3, -0.25) is 0 Å². The first-order valence-electron chi connectivity index (χ1n) is 7.35. The lowest BCUT2D eigenvalue weighted by Gasteiger charge is -2.39. The Morgan fingerprint density at radius 3 is 2.32 bits per heavy atom. The largest absolute Gasteiger partial charge is 0.504 e. The van der Waals surface area contributed by atoms with Gasteiger partial charge in [0.05, 0.1) is 12.2 Å². The van der Waals surface area contributed by atoms with Gasteiger partial charge in [0.2, 0.25) is 0 Å². The summed E-state index contributed by atoms with van der Waals surface area (Å²) in [6.07, 6.45) is -3.69.